The number of nitrogen functional groups attached to an aromatic ring is 1. The molecule has 1 aliphatic rings. The molecule has 2 rings (SSSR count). The second-order valence-electron chi connectivity index (χ2n) is 4.12. The van der Waals surface area contributed by atoms with E-state index in [1.54, 1.807) is 0 Å². The molecule has 0 heterocycles. The molecule has 0 atom stereocenters. The summed E-state index contributed by atoms with van der Waals surface area (Å²) >= 11 is 0. The molecule has 0 saturated heterocycles. The molecular weight excluding hydrogens is 190 g/mol. The molecule has 0 aliphatic heterocycles. The fourth-order valence-corrected chi connectivity index (χ4v) is 1.37. The molecule has 2 N–H and O–H groups in total. The number of aryl methyl sites for hydroxylation is 1. The third kappa shape index (κ3) is 3.13. The average Bonchev–Trinajstić information content (AvgIpc) is 3.01. The lowest BCUT2D eigenvalue weighted by atomic mass is 10.2. The zero-order valence-corrected chi connectivity index (χ0v) is 9.03. The minimum absolute atomic E-state index is 0.296. The van der Waals surface area contributed by atoms with E-state index in [9.17, 15) is 0 Å². The van der Waals surface area contributed by atoms with E-state index in [-0.39, 0.29) is 0 Å². The van der Waals surface area contributed by atoms with E-state index in [0.717, 1.165) is 18.1 Å². The Balaban J connectivity index is 1.78. The summed E-state index contributed by atoms with van der Waals surface area (Å²) in [6.45, 7) is 3.12. The number of nitrogens with two attached hydrogens (primary N) is 1. The van der Waals surface area contributed by atoms with Gasteiger partial charge in [0.15, 0.2) is 6.79 Å². The van der Waals surface area contributed by atoms with Crippen LogP contribution in [0, 0.1) is 12.8 Å². The highest BCUT2D eigenvalue weighted by molar-refractivity contribution is 5.53. The highest BCUT2D eigenvalue weighted by Gasteiger charge is 2.21. The van der Waals surface area contributed by atoms with Gasteiger partial charge in [0, 0.05) is 0 Å². The van der Waals surface area contributed by atoms with Crippen molar-refractivity contribution in [3.8, 4) is 5.75 Å². The minimum atomic E-state index is 0.296. The van der Waals surface area contributed by atoms with Crippen molar-refractivity contribution in [1.29, 1.82) is 0 Å². The summed E-state index contributed by atoms with van der Waals surface area (Å²) in [5.74, 6) is 1.48. The van der Waals surface area contributed by atoms with Crippen LogP contribution in [-0.2, 0) is 4.74 Å². The number of benzene rings is 1. The summed E-state index contributed by atoms with van der Waals surface area (Å²) in [6, 6.07) is 5.74. The van der Waals surface area contributed by atoms with Crippen LogP contribution in [0.15, 0.2) is 18.2 Å². The maximum Gasteiger partial charge on any atom is 0.189 e. The summed E-state index contributed by atoms with van der Waals surface area (Å²) in [6.07, 6.45) is 2.60. The van der Waals surface area contributed by atoms with Gasteiger partial charge >= 0.3 is 0 Å². The molecule has 1 aromatic rings. The van der Waals surface area contributed by atoms with Crippen LogP contribution in [0.25, 0.3) is 0 Å². The van der Waals surface area contributed by atoms with Crippen LogP contribution in [0.2, 0.25) is 0 Å². The Labute approximate surface area is 90.2 Å². The SMILES string of the molecule is Cc1ccc(N)c(OCOCC2CC2)c1. The molecule has 1 aromatic carbocycles. The van der Waals surface area contributed by atoms with E-state index >= 15 is 0 Å². The van der Waals surface area contributed by atoms with Crippen LogP contribution < -0.4 is 10.5 Å². The van der Waals surface area contributed by atoms with Crippen LogP contribution in [0.5, 0.6) is 5.75 Å². The average molecular weight is 207 g/mol. The second-order valence-corrected chi connectivity index (χ2v) is 4.12. The lowest BCUT2D eigenvalue weighted by Crippen LogP contribution is -2.06. The van der Waals surface area contributed by atoms with Gasteiger partial charge in [0.25, 0.3) is 0 Å². The molecule has 0 amide bonds. The van der Waals surface area contributed by atoms with Crippen molar-refractivity contribution in [3.05, 3.63) is 23.8 Å². The molecule has 0 spiro atoms. The molecule has 0 bridgehead atoms. The highest BCUT2D eigenvalue weighted by Crippen LogP contribution is 2.29. The molecule has 1 saturated carbocycles. The van der Waals surface area contributed by atoms with Crippen molar-refractivity contribution in [2.45, 2.75) is 19.8 Å². The lowest BCUT2D eigenvalue weighted by molar-refractivity contribution is 0.0104. The molecule has 0 radical (unpaired) electrons. The lowest BCUT2D eigenvalue weighted by Gasteiger charge is -2.09. The highest BCUT2D eigenvalue weighted by atomic mass is 16.7. The summed E-state index contributed by atoms with van der Waals surface area (Å²) < 4.78 is 10.8. The molecule has 3 heteroatoms. The molecule has 1 fully saturated rings. The molecular formula is C12H17NO2. The van der Waals surface area contributed by atoms with Crippen molar-refractivity contribution in [2.75, 3.05) is 19.1 Å². The van der Waals surface area contributed by atoms with E-state index < -0.39 is 0 Å². The van der Waals surface area contributed by atoms with Gasteiger partial charge in [0.2, 0.25) is 0 Å². The smallest absolute Gasteiger partial charge is 0.189 e. The van der Waals surface area contributed by atoms with Crippen LogP contribution in [0.1, 0.15) is 18.4 Å². The predicted molar refractivity (Wildman–Crippen MR) is 59.8 cm³/mol. The Morgan fingerprint density at radius 2 is 2.20 bits per heavy atom. The number of hydrogen-bond acceptors (Lipinski definition) is 3. The first-order chi connectivity index (χ1) is 7.25. The van der Waals surface area contributed by atoms with Crippen molar-refractivity contribution in [2.24, 2.45) is 5.92 Å². The van der Waals surface area contributed by atoms with E-state index in [4.69, 9.17) is 15.2 Å². The van der Waals surface area contributed by atoms with E-state index in [1.165, 1.54) is 12.8 Å². The van der Waals surface area contributed by atoms with Gasteiger partial charge < -0.3 is 15.2 Å². The Morgan fingerprint density at radius 3 is 2.93 bits per heavy atom. The summed E-state index contributed by atoms with van der Waals surface area (Å²) in [7, 11) is 0. The Kier molecular flexibility index (Phi) is 3.11. The van der Waals surface area contributed by atoms with Crippen LogP contribution >= 0.6 is 0 Å². The zero-order chi connectivity index (χ0) is 10.7. The summed E-state index contributed by atoms with van der Waals surface area (Å²) in [5, 5.41) is 0. The second kappa shape index (κ2) is 4.53. The Morgan fingerprint density at radius 1 is 1.40 bits per heavy atom. The van der Waals surface area contributed by atoms with Crippen molar-refractivity contribution < 1.29 is 9.47 Å². The molecule has 0 unspecified atom stereocenters. The molecule has 82 valence electrons. The molecule has 15 heavy (non-hydrogen) atoms. The third-order valence-corrected chi connectivity index (χ3v) is 2.52. The first-order valence-corrected chi connectivity index (χ1v) is 5.32. The molecule has 1 aliphatic carbocycles. The van der Waals surface area contributed by atoms with E-state index in [1.807, 2.05) is 25.1 Å². The maximum atomic E-state index is 5.76. The van der Waals surface area contributed by atoms with Gasteiger partial charge in [0.05, 0.1) is 12.3 Å². The minimum Gasteiger partial charge on any atom is -0.465 e. The van der Waals surface area contributed by atoms with Gasteiger partial charge in [-0.15, -0.1) is 0 Å². The van der Waals surface area contributed by atoms with Gasteiger partial charge in [-0.2, -0.15) is 0 Å². The predicted octanol–water partition coefficient (Wildman–Crippen LogP) is 2.34. The maximum absolute atomic E-state index is 5.76. The first kappa shape index (κ1) is 10.3. The number of hydrogen-bond donors (Lipinski definition) is 1. The number of rotatable bonds is 5. The monoisotopic (exact) mass is 207 g/mol. The summed E-state index contributed by atoms with van der Waals surface area (Å²) in [5.41, 5.74) is 7.57. The van der Waals surface area contributed by atoms with Gasteiger partial charge in [-0.1, -0.05) is 6.07 Å². The number of anilines is 1. The topological polar surface area (TPSA) is 44.5 Å². The molecule has 0 aromatic heterocycles. The molecule has 3 nitrogen and oxygen atoms in total. The fourth-order valence-electron chi connectivity index (χ4n) is 1.37. The van der Waals surface area contributed by atoms with Crippen LogP contribution in [0.3, 0.4) is 0 Å². The van der Waals surface area contributed by atoms with Crippen molar-refractivity contribution in [3.63, 3.8) is 0 Å². The van der Waals surface area contributed by atoms with Crippen molar-refractivity contribution in [1.82, 2.24) is 0 Å². The fraction of sp³-hybridized carbons (Fsp3) is 0.500. The van der Waals surface area contributed by atoms with E-state index in [2.05, 4.69) is 0 Å². The Bertz CT molecular complexity index is 334. The van der Waals surface area contributed by atoms with Gasteiger partial charge in [-0.25, -0.2) is 0 Å². The van der Waals surface area contributed by atoms with Gasteiger partial charge in [-0.3, -0.25) is 0 Å². The van der Waals surface area contributed by atoms with Crippen LogP contribution in [-0.4, -0.2) is 13.4 Å². The Hall–Kier alpha value is -1.22. The van der Waals surface area contributed by atoms with Gasteiger partial charge in [-0.05, 0) is 43.4 Å². The third-order valence-electron chi connectivity index (χ3n) is 2.52. The summed E-state index contributed by atoms with van der Waals surface area (Å²) in [4.78, 5) is 0. The van der Waals surface area contributed by atoms with E-state index in [0.29, 0.717) is 18.2 Å². The zero-order valence-electron chi connectivity index (χ0n) is 9.03. The van der Waals surface area contributed by atoms with Crippen LogP contribution in [0.4, 0.5) is 5.69 Å². The van der Waals surface area contributed by atoms with Crippen molar-refractivity contribution >= 4 is 5.69 Å². The largest absolute Gasteiger partial charge is 0.465 e. The number of ether oxygens (including phenoxy) is 2. The first-order valence-electron chi connectivity index (χ1n) is 5.32. The normalized spacial score (nSPS) is 15.3. The van der Waals surface area contributed by atoms with Gasteiger partial charge in [0.1, 0.15) is 5.75 Å². The standard InChI is InChI=1S/C12H17NO2/c1-9-2-5-11(13)12(6-9)15-8-14-7-10-3-4-10/h2,5-6,10H,3-4,7-8,13H2,1H3. The quantitative estimate of drug-likeness (QED) is 0.458.